The molecule has 4 heterocycles. The number of hydrogen-bond acceptors (Lipinski definition) is 4. The molecular formula is C20H20N6O. The molecule has 2 aromatic heterocycles. The van der Waals surface area contributed by atoms with Crippen LogP contribution >= 0.6 is 0 Å². The van der Waals surface area contributed by atoms with Crippen LogP contribution in [-0.4, -0.2) is 42.8 Å². The highest BCUT2D eigenvalue weighted by Crippen LogP contribution is 2.33. The van der Waals surface area contributed by atoms with Crippen molar-refractivity contribution in [2.75, 3.05) is 5.32 Å². The summed E-state index contributed by atoms with van der Waals surface area (Å²) in [6.45, 7) is 0.714. The molecule has 0 unspecified atom stereocenters. The summed E-state index contributed by atoms with van der Waals surface area (Å²) in [5.74, 6) is 1.77. The molecule has 0 aliphatic carbocycles. The van der Waals surface area contributed by atoms with Crippen LogP contribution in [-0.2, 0) is 13.0 Å². The van der Waals surface area contributed by atoms with Crippen molar-refractivity contribution >= 4 is 11.7 Å². The third kappa shape index (κ3) is 2.85. The number of carbonyl (C=O) groups is 1. The van der Waals surface area contributed by atoms with Gasteiger partial charge in [-0.05, 0) is 37.1 Å². The first-order chi connectivity index (χ1) is 13.3. The predicted molar refractivity (Wildman–Crippen MR) is 101 cm³/mol. The molecule has 2 atom stereocenters. The molecule has 2 aliphatic rings. The summed E-state index contributed by atoms with van der Waals surface area (Å²) >= 11 is 0. The Morgan fingerprint density at radius 2 is 1.89 bits per heavy atom. The van der Waals surface area contributed by atoms with E-state index in [1.165, 1.54) is 0 Å². The van der Waals surface area contributed by atoms with Gasteiger partial charge >= 0.3 is 6.03 Å². The minimum atomic E-state index is -0.0321. The molecule has 3 aromatic rings. The fourth-order valence-corrected chi connectivity index (χ4v) is 4.19. The first-order valence-corrected chi connectivity index (χ1v) is 9.26. The van der Waals surface area contributed by atoms with Crippen LogP contribution in [0.15, 0.2) is 54.9 Å². The molecule has 2 amide bonds. The summed E-state index contributed by atoms with van der Waals surface area (Å²) in [5.41, 5.74) is 1.77. The second-order valence-corrected chi connectivity index (χ2v) is 7.08. The largest absolute Gasteiger partial charge is 0.322 e. The number of amides is 2. The standard InChI is InChI=1S/C20H20N6O/c27-20(22-15-6-2-1-3-7-15)26-16-8-9-17(26)13-25-18(11-16)23-24-19(25)14-5-4-10-21-12-14/h1-7,10,12,16-17H,8-9,11,13H2,(H,22,27)/t16-,17+/m0/s1. The number of urea groups is 1. The van der Waals surface area contributed by atoms with Crippen molar-refractivity contribution in [1.82, 2.24) is 24.6 Å². The molecule has 0 spiro atoms. The van der Waals surface area contributed by atoms with Crippen LogP contribution < -0.4 is 5.32 Å². The third-order valence-electron chi connectivity index (χ3n) is 5.44. The van der Waals surface area contributed by atoms with Gasteiger partial charge in [0.05, 0.1) is 6.04 Å². The number of nitrogens with zero attached hydrogens (tertiary/aromatic N) is 5. The predicted octanol–water partition coefficient (Wildman–Crippen LogP) is 2.96. The highest BCUT2D eigenvalue weighted by Gasteiger charge is 2.41. The number of fused-ring (bicyclic) bond motifs is 3. The zero-order valence-corrected chi connectivity index (χ0v) is 14.8. The summed E-state index contributed by atoms with van der Waals surface area (Å²) in [4.78, 5) is 19.2. The minimum absolute atomic E-state index is 0.0321. The van der Waals surface area contributed by atoms with Crippen LogP contribution in [0, 0.1) is 0 Å². The number of hydrogen-bond donors (Lipinski definition) is 1. The van der Waals surface area contributed by atoms with Gasteiger partial charge in [0, 0.05) is 42.7 Å². The van der Waals surface area contributed by atoms with Gasteiger partial charge in [0.2, 0.25) is 0 Å². The van der Waals surface area contributed by atoms with Crippen molar-refractivity contribution < 1.29 is 4.79 Å². The fraction of sp³-hybridized carbons (Fsp3) is 0.300. The summed E-state index contributed by atoms with van der Waals surface area (Å²) in [6.07, 6.45) is 6.28. The Bertz CT molecular complexity index is 955. The highest BCUT2D eigenvalue weighted by molar-refractivity contribution is 5.90. The van der Waals surface area contributed by atoms with Gasteiger partial charge in [0.25, 0.3) is 0 Å². The van der Waals surface area contributed by atoms with Crippen molar-refractivity contribution in [3.63, 3.8) is 0 Å². The van der Waals surface area contributed by atoms with E-state index in [0.717, 1.165) is 42.2 Å². The third-order valence-corrected chi connectivity index (χ3v) is 5.44. The number of anilines is 1. The van der Waals surface area contributed by atoms with Crippen molar-refractivity contribution in [1.29, 1.82) is 0 Å². The zero-order valence-electron chi connectivity index (χ0n) is 14.8. The normalized spacial score (nSPS) is 20.8. The van der Waals surface area contributed by atoms with E-state index in [9.17, 15) is 4.79 Å². The Labute approximate surface area is 157 Å². The van der Waals surface area contributed by atoms with Crippen molar-refractivity contribution in [2.24, 2.45) is 0 Å². The number of carbonyl (C=O) groups excluding carboxylic acids is 1. The maximum atomic E-state index is 13.0. The average Bonchev–Trinajstić information content (AvgIpc) is 3.23. The molecule has 0 radical (unpaired) electrons. The van der Waals surface area contributed by atoms with Crippen LogP contribution in [0.25, 0.3) is 11.4 Å². The monoisotopic (exact) mass is 360 g/mol. The fourth-order valence-electron chi connectivity index (χ4n) is 4.19. The van der Waals surface area contributed by atoms with Gasteiger partial charge in [-0.15, -0.1) is 10.2 Å². The molecule has 7 nitrogen and oxygen atoms in total. The molecule has 1 fully saturated rings. The van der Waals surface area contributed by atoms with Crippen LogP contribution in [0.3, 0.4) is 0 Å². The lowest BCUT2D eigenvalue weighted by molar-refractivity contribution is 0.185. The smallest absolute Gasteiger partial charge is 0.316 e. The van der Waals surface area contributed by atoms with E-state index in [2.05, 4.69) is 25.1 Å². The van der Waals surface area contributed by atoms with Gasteiger partial charge in [-0.3, -0.25) is 4.98 Å². The number of pyridine rings is 1. The molecule has 1 N–H and O–H groups in total. The van der Waals surface area contributed by atoms with E-state index in [0.29, 0.717) is 6.54 Å². The van der Waals surface area contributed by atoms with Gasteiger partial charge in [-0.1, -0.05) is 18.2 Å². The van der Waals surface area contributed by atoms with Crippen LogP contribution in [0.5, 0.6) is 0 Å². The van der Waals surface area contributed by atoms with E-state index in [1.807, 2.05) is 47.4 Å². The second kappa shape index (κ2) is 6.50. The van der Waals surface area contributed by atoms with E-state index >= 15 is 0 Å². The van der Waals surface area contributed by atoms with E-state index in [4.69, 9.17) is 0 Å². The van der Waals surface area contributed by atoms with Crippen LogP contribution in [0.2, 0.25) is 0 Å². The summed E-state index contributed by atoms with van der Waals surface area (Å²) in [7, 11) is 0. The molecule has 5 rings (SSSR count). The summed E-state index contributed by atoms with van der Waals surface area (Å²) in [5, 5.41) is 11.9. The zero-order chi connectivity index (χ0) is 18.2. The lowest BCUT2D eigenvalue weighted by Gasteiger charge is -2.28. The lowest BCUT2D eigenvalue weighted by Crippen LogP contribution is -2.44. The quantitative estimate of drug-likeness (QED) is 0.762. The molecule has 1 saturated heterocycles. The van der Waals surface area contributed by atoms with Crippen molar-refractivity contribution in [2.45, 2.75) is 37.9 Å². The first kappa shape index (κ1) is 16.0. The Morgan fingerprint density at radius 1 is 1.04 bits per heavy atom. The number of aromatic nitrogens is 4. The van der Waals surface area contributed by atoms with E-state index in [-0.39, 0.29) is 18.1 Å². The Hall–Kier alpha value is -3.22. The number of benzene rings is 1. The van der Waals surface area contributed by atoms with Gasteiger partial charge in [0.15, 0.2) is 5.82 Å². The Morgan fingerprint density at radius 3 is 2.70 bits per heavy atom. The first-order valence-electron chi connectivity index (χ1n) is 9.26. The van der Waals surface area contributed by atoms with Crippen LogP contribution in [0.4, 0.5) is 10.5 Å². The average molecular weight is 360 g/mol. The maximum absolute atomic E-state index is 13.0. The van der Waals surface area contributed by atoms with Crippen molar-refractivity contribution in [3.05, 3.63) is 60.7 Å². The minimum Gasteiger partial charge on any atom is -0.316 e. The molecular weight excluding hydrogens is 340 g/mol. The topological polar surface area (TPSA) is 75.9 Å². The van der Waals surface area contributed by atoms with Gasteiger partial charge in [-0.25, -0.2) is 4.79 Å². The van der Waals surface area contributed by atoms with Crippen molar-refractivity contribution in [3.8, 4) is 11.4 Å². The number of para-hydroxylation sites is 1. The molecule has 136 valence electrons. The molecule has 27 heavy (non-hydrogen) atoms. The second-order valence-electron chi connectivity index (χ2n) is 7.08. The molecule has 2 aliphatic heterocycles. The van der Waals surface area contributed by atoms with E-state index in [1.54, 1.807) is 12.4 Å². The SMILES string of the molecule is O=C(Nc1ccccc1)N1[C@@H]2CC[C@H]1Cc1nnc(-c3cccnc3)n1C2. The number of nitrogens with one attached hydrogen (secondary N) is 1. The Kier molecular flexibility index (Phi) is 3.85. The highest BCUT2D eigenvalue weighted by atomic mass is 16.2. The maximum Gasteiger partial charge on any atom is 0.322 e. The molecule has 1 aromatic carbocycles. The van der Waals surface area contributed by atoms with Gasteiger partial charge in [0.1, 0.15) is 5.82 Å². The molecule has 2 bridgehead atoms. The Balaban J connectivity index is 1.43. The van der Waals surface area contributed by atoms with Crippen LogP contribution in [0.1, 0.15) is 18.7 Å². The lowest BCUT2D eigenvalue weighted by atomic mass is 10.1. The number of rotatable bonds is 2. The van der Waals surface area contributed by atoms with E-state index < -0.39 is 0 Å². The van der Waals surface area contributed by atoms with Gasteiger partial charge < -0.3 is 14.8 Å². The molecule has 7 heteroatoms. The van der Waals surface area contributed by atoms with Gasteiger partial charge in [-0.2, -0.15) is 0 Å². The summed E-state index contributed by atoms with van der Waals surface area (Å²) < 4.78 is 2.16. The summed E-state index contributed by atoms with van der Waals surface area (Å²) in [6, 6.07) is 13.8. The molecule has 0 saturated carbocycles.